The summed E-state index contributed by atoms with van der Waals surface area (Å²) in [5.74, 6) is 0.573. The second kappa shape index (κ2) is 2.80. The van der Waals surface area contributed by atoms with Crippen LogP contribution in [0.5, 0.6) is 11.5 Å². The topological polar surface area (TPSA) is 18.5 Å². The normalized spacial score (nSPS) is 21.6. The predicted octanol–water partition coefficient (Wildman–Crippen LogP) is 2.45. The Bertz CT molecular complexity index is 307. The van der Waals surface area contributed by atoms with Gasteiger partial charge in [-0.05, 0) is 0 Å². The van der Waals surface area contributed by atoms with Crippen LogP contribution in [0.15, 0.2) is 10.8 Å². The molecule has 0 fully saturated rings. The molecule has 72 valence electrons. The minimum atomic E-state index is -4.36. The van der Waals surface area contributed by atoms with Crippen molar-refractivity contribution in [1.29, 1.82) is 0 Å². The van der Waals surface area contributed by atoms with E-state index in [0.29, 0.717) is 5.75 Å². The fourth-order valence-corrected chi connectivity index (χ4v) is 1.65. The fraction of sp³-hybridized carbons (Fsp3) is 0.429. The first-order valence-electron chi connectivity index (χ1n) is 3.50. The fourth-order valence-electron chi connectivity index (χ4n) is 0.979. The SMILES string of the molecule is FC(F)(F)C1COc2cscc2O1. The van der Waals surface area contributed by atoms with Crippen molar-refractivity contribution in [2.75, 3.05) is 6.61 Å². The maximum Gasteiger partial charge on any atom is 0.428 e. The van der Waals surface area contributed by atoms with E-state index in [1.165, 1.54) is 16.7 Å². The summed E-state index contributed by atoms with van der Waals surface area (Å²) in [5, 5.41) is 3.11. The number of hydrogen-bond donors (Lipinski definition) is 0. The average Bonchev–Trinajstić information content (AvgIpc) is 2.47. The van der Waals surface area contributed by atoms with E-state index in [2.05, 4.69) is 0 Å². The zero-order valence-corrected chi connectivity index (χ0v) is 7.11. The van der Waals surface area contributed by atoms with Crippen molar-refractivity contribution in [3.63, 3.8) is 0 Å². The first-order chi connectivity index (χ1) is 6.07. The van der Waals surface area contributed by atoms with Crippen LogP contribution in [0.1, 0.15) is 0 Å². The molecule has 1 aliphatic rings. The standard InChI is InChI=1S/C7H5F3O2S/c8-7(9,10)6-1-11-4-2-13-3-5(4)12-6/h2-3,6H,1H2. The molecule has 2 nitrogen and oxygen atoms in total. The van der Waals surface area contributed by atoms with E-state index >= 15 is 0 Å². The van der Waals surface area contributed by atoms with Gasteiger partial charge in [-0.3, -0.25) is 0 Å². The first kappa shape index (κ1) is 8.68. The van der Waals surface area contributed by atoms with Crippen LogP contribution in [-0.2, 0) is 0 Å². The van der Waals surface area contributed by atoms with Crippen molar-refractivity contribution in [2.24, 2.45) is 0 Å². The molecule has 1 aliphatic heterocycles. The molecule has 2 heterocycles. The van der Waals surface area contributed by atoms with Gasteiger partial charge in [0.2, 0.25) is 6.10 Å². The van der Waals surface area contributed by atoms with Gasteiger partial charge < -0.3 is 9.47 Å². The van der Waals surface area contributed by atoms with Crippen LogP contribution in [0.4, 0.5) is 13.2 Å². The Labute approximate surface area is 75.9 Å². The van der Waals surface area contributed by atoms with Crippen LogP contribution in [0.2, 0.25) is 0 Å². The maximum atomic E-state index is 12.1. The highest BCUT2D eigenvalue weighted by atomic mass is 32.1. The lowest BCUT2D eigenvalue weighted by atomic mass is 10.3. The van der Waals surface area contributed by atoms with Crippen LogP contribution in [0.3, 0.4) is 0 Å². The Kier molecular flexibility index (Phi) is 1.87. The van der Waals surface area contributed by atoms with E-state index in [9.17, 15) is 13.2 Å². The highest BCUT2D eigenvalue weighted by molar-refractivity contribution is 7.08. The molecule has 0 spiro atoms. The average molecular weight is 210 g/mol. The summed E-state index contributed by atoms with van der Waals surface area (Å²) in [4.78, 5) is 0. The highest BCUT2D eigenvalue weighted by Crippen LogP contribution is 2.38. The molecular formula is C7H5F3O2S. The van der Waals surface area contributed by atoms with Gasteiger partial charge >= 0.3 is 6.18 Å². The molecular weight excluding hydrogens is 205 g/mol. The minimum absolute atomic E-state index is 0.179. The van der Waals surface area contributed by atoms with Crippen LogP contribution in [0, 0.1) is 0 Å². The second-order valence-electron chi connectivity index (χ2n) is 2.56. The monoisotopic (exact) mass is 210 g/mol. The quantitative estimate of drug-likeness (QED) is 0.654. The van der Waals surface area contributed by atoms with Gasteiger partial charge in [0, 0.05) is 10.8 Å². The number of halogens is 3. The number of fused-ring (bicyclic) bond motifs is 1. The van der Waals surface area contributed by atoms with Gasteiger partial charge in [-0.1, -0.05) is 0 Å². The van der Waals surface area contributed by atoms with Gasteiger partial charge in [-0.2, -0.15) is 13.2 Å². The van der Waals surface area contributed by atoms with Crippen molar-refractivity contribution in [2.45, 2.75) is 12.3 Å². The maximum absolute atomic E-state index is 12.1. The Hall–Kier alpha value is -0.910. The Morgan fingerprint density at radius 3 is 2.69 bits per heavy atom. The van der Waals surface area contributed by atoms with Crippen LogP contribution in [-0.4, -0.2) is 18.9 Å². The molecule has 6 heteroatoms. The molecule has 0 aliphatic carbocycles. The third-order valence-electron chi connectivity index (χ3n) is 1.62. The van der Waals surface area contributed by atoms with Crippen molar-refractivity contribution < 1.29 is 22.6 Å². The summed E-state index contributed by atoms with van der Waals surface area (Å²) in [7, 11) is 0. The van der Waals surface area contributed by atoms with Gasteiger partial charge in [0.15, 0.2) is 11.5 Å². The van der Waals surface area contributed by atoms with Crippen molar-refractivity contribution in [3.8, 4) is 11.5 Å². The third kappa shape index (κ3) is 1.58. The van der Waals surface area contributed by atoms with Gasteiger partial charge in [0.05, 0.1) is 0 Å². The van der Waals surface area contributed by atoms with E-state index in [-0.39, 0.29) is 5.75 Å². The van der Waals surface area contributed by atoms with Crippen LogP contribution >= 0.6 is 11.3 Å². The molecule has 1 unspecified atom stereocenters. The van der Waals surface area contributed by atoms with E-state index in [0.717, 1.165) is 0 Å². The van der Waals surface area contributed by atoms with Crippen LogP contribution in [0.25, 0.3) is 0 Å². The number of thiophene rings is 1. The molecule has 1 aromatic heterocycles. The number of alkyl halides is 3. The van der Waals surface area contributed by atoms with E-state index in [4.69, 9.17) is 9.47 Å². The molecule has 13 heavy (non-hydrogen) atoms. The summed E-state index contributed by atoms with van der Waals surface area (Å²) in [6, 6.07) is 0. The largest absolute Gasteiger partial charge is 0.485 e. The van der Waals surface area contributed by atoms with E-state index in [1.807, 2.05) is 0 Å². The van der Waals surface area contributed by atoms with Crippen molar-refractivity contribution in [3.05, 3.63) is 10.8 Å². The highest BCUT2D eigenvalue weighted by Gasteiger charge is 2.44. The van der Waals surface area contributed by atoms with Gasteiger partial charge in [-0.15, -0.1) is 11.3 Å². The lowest BCUT2D eigenvalue weighted by Crippen LogP contribution is -2.41. The zero-order chi connectivity index (χ0) is 9.47. The minimum Gasteiger partial charge on any atom is -0.485 e. The molecule has 0 amide bonds. The summed E-state index contributed by atoms with van der Waals surface area (Å²) in [6.07, 6.45) is -6.20. The molecule has 1 atom stereocenters. The third-order valence-corrected chi connectivity index (χ3v) is 2.32. The molecule has 2 rings (SSSR count). The summed E-state index contributed by atoms with van der Waals surface area (Å²) in [6.45, 7) is -0.465. The number of rotatable bonds is 0. The first-order valence-corrected chi connectivity index (χ1v) is 4.44. The Morgan fingerprint density at radius 1 is 1.31 bits per heavy atom. The van der Waals surface area contributed by atoms with Crippen LogP contribution < -0.4 is 9.47 Å². The summed E-state index contributed by atoms with van der Waals surface area (Å²) >= 11 is 1.25. The molecule has 0 aromatic carbocycles. The summed E-state index contributed by atoms with van der Waals surface area (Å²) < 4.78 is 46.0. The Balaban J connectivity index is 2.18. The van der Waals surface area contributed by atoms with Gasteiger partial charge in [-0.25, -0.2) is 0 Å². The molecule has 0 radical (unpaired) electrons. The van der Waals surface area contributed by atoms with E-state index in [1.54, 1.807) is 5.38 Å². The van der Waals surface area contributed by atoms with Gasteiger partial charge in [0.1, 0.15) is 6.61 Å². The van der Waals surface area contributed by atoms with E-state index < -0.39 is 18.9 Å². The molecule has 0 bridgehead atoms. The second-order valence-corrected chi connectivity index (χ2v) is 3.30. The van der Waals surface area contributed by atoms with Crippen molar-refractivity contribution in [1.82, 2.24) is 0 Å². The lowest BCUT2D eigenvalue weighted by molar-refractivity contribution is -0.207. The number of hydrogen-bond acceptors (Lipinski definition) is 3. The Morgan fingerprint density at radius 2 is 2.00 bits per heavy atom. The van der Waals surface area contributed by atoms with Gasteiger partial charge in [0.25, 0.3) is 0 Å². The molecule has 1 aromatic rings. The zero-order valence-electron chi connectivity index (χ0n) is 6.30. The van der Waals surface area contributed by atoms with Crippen molar-refractivity contribution >= 4 is 11.3 Å². The lowest BCUT2D eigenvalue weighted by Gasteiger charge is -2.25. The molecule has 0 saturated heterocycles. The molecule has 0 saturated carbocycles. The predicted molar refractivity (Wildman–Crippen MR) is 40.3 cm³/mol. The number of ether oxygens (including phenoxy) is 2. The smallest absolute Gasteiger partial charge is 0.428 e. The molecule has 0 N–H and O–H groups in total. The summed E-state index contributed by atoms with van der Waals surface area (Å²) in [5.41, 5.74) is 0.